The third kappa shape index (κ3) is 10.1. The summed E-state index contributed by atoms with van der Waals surface area (Å²) in [6.07, 6.45) is -3.33. The highest BCUT2D eigenvalue weighted by molar-refractivity contribution is 5.93. The van der Waals surface area contributed by atoms with Gasteiger partial charge in [-0.15, -0.1) is 13.2 Å². The monoisotopic (exact) mass is 588 g/mol. The van der Waals surface area contributed by atoms with Gasteiger partial charge >= 0.3 is 6.36 Å². The maximum atomic E-state index is 13.4. The summed E-state index contributed by atoms with van der Waals surface area (Å²) in [6.45, 7) is 1.17. The summed E-state index contributed by atoms with van der Waals surface area (Å²) in [5.74, 6) is -1.65. The number of fused-ring (bicyclic) bond motifs is 1. The average Bonchev–Trinajstić information content (AvgIpc) is 2.95. The van der Waals surface area contributed by atoms with Crippen LogP contribution in [0.3, 0.4) is 0 Å². The molecule has 0 aliphatic carbocycles. The first-order valence-corrected chi connectivity index (χ1v) is 13.4. The van der Waals surface area contributed by atoms with Gasteiger partial charge in [0.1, 0.15) is 5.75 Å². The van der Waals surface area contributed by atoms with Crippen LogP contribution in [0.1, 0.15) is 24.0 Å². The Labute approximate surface area is 241 Å². The number of benzene rings is 2. The normalized spacial score (nSPS) is 12.9. The Bertz CT molecular complexity index is 1350. The topological polar surface area (TPSA) is 167 Å². The zero-order valence-corrected chi connectivity index (χ0v) is 23.0. The van der Waals surface area contributed by atoms with Gasteiger partial charge in [0.05, 0.1) is 17.6 Å². The van der Waals surface area contributed by atoms with Crippen molar-refractivity contribution in [3.05, 3.63) is 71.9 Å². The number of nitrogens with zero attached hydrogens (tertiary/aromatic N) is 2. The van der Waals surface area contributed by atoms with Gasteiger partial charge in [-0.25, -0.2) is 0 Å². The van der Waals surface area contributed by atoms with Gasteiger partial charge < -0.3 is 32.2 Å². The number of ether oxygens (including phenoxy) is 1. The Morgan fingerprint density at radius 3 is 2.29 bits per heavy atom. The molecule has 0 saturated heterocycles. The second-order valence-electron chi connectivity index (χ2n) is 9.74. The molecule has 2 atom stereocenters. The number of carbonyl (C=O) groups excluding carboxylic acids is 3. The molecule has 0 aliphatic heterocycles. The number of rotatable bonds is 15. The van der Waals surface area contributed by atoms with Gasteiger partial charge in [0.2, 0.25) is 11.8 Å². The summed E-state index contributed by atoms with van der Waals surface area (Å²) < 4.78 is 41.6. The highest BCUT2D eigenvalue weighted by Gasteiger charge is 2.31. The molecule has 2 aromatic carbocycles. The van der Waals surface area contributed by atoms with Crippen LogP contribution in [-0.4, -0.2) is 72.1 Å². The molecule has 3 rings (SSSR count). The molecule has 1 heterocycles. The molecule has 0 spiro atoms. The Hall–Kier alpha value is -4.07. The van der Waals surface area contributed by atoms with E-state index in [4.69, 9.17) is 17.2 Å². The predicted molar refractivity (Wildman–Crippen MR) is 151 cm³/mol. The molecule has 0 fully saturated rings. The van der Waals surface area contributed by atoms with Crippen molar-refractivity contribution in [3.63, 3.8) is 0 Å². The number of aromatic nitrogens is 1. The summed E-state index contributed by atoms with van der Waals surface area (Å²) in [6, 6.07) is 12.1. The maximum Gasteiger partial charge on any atom is 0.573 e. The molecule has 0 bridgehead atoms. The highest BCUT2D eigenvalue weighted by Crippen LogP contribution is 2.23. The number of nitrogens with one attached hydrogen (secondary N) is 1. The maximum absolute atomic E-state index is 13.4. The summed E-state index contributed by atoms with van der Waals surface area (Å²) in [4.78, 5) is 44.8. The largest absolute Gasteiger partial charge is 0.573 e. The third-order valence-electron chi connectivity index (χ3n) is 6.48. The average molecular weight is 589 g/mol. The number of para-hydroxylation sites is 1. The molecule has 13 heteroatoms. The summed E-state index contributed by atoms with van der Waals surface area (Å²) >= 11 is 0. The molecule has 0 aliphatic rings. The number of ketones is 1. The second-order valence-corrected chi connectivity index (χ2v) is 9.74. The van der Waals surface area contributed by atoms with Crippen LogP contribution < -0.4 is 27.3 Å². The lowest BCUT2D eigenvalue weighted by atomic mass is 9.97. The van der Waals surface area contributed by atoms with E-state index >= 15 is 0 Å². The number of alkyl halides is 3. The first kappa shape index (κ1) is 32.4. The Balaban J connectivity index is 1.72. The van der Waals surface area contributed by atoms with Gasteiger partial charge in [-0.3, -0.25) is 19.4 Å². The number of pyridine rings is 1. The first-order valence-electron chi connectivity index (χ1n) is 13.4. The Morgan fingerprint density at radius 2 is 1.64 bits per heavy atom. The van der Waals surface area contributed by atoms with Crippen molar-refractivity contribution in [1.29, 1.82) is 0 Å². The van der Waals surface area contributed by atoms with E-state index in [1.165, 1.54) is 17.0 Å². The third-order valence-corrected chi connectivity index (χ3v) is 6.48. The molecule has 42 heavy (non-hydrogen) atoms. The van der Waals surface area contributed by atoms with Gasteiger partial charge in [-0.1, -0.05) is 30.3 Å². The SMILES string of the molecule is NCCN(CCN)C(=O)CC[C@H](N)C(=O)N[C@H](Cc1ccc(OC(F)(F)F)cc1)C(=O)Cc1cnc2ccccc2c1. The van der Waals surface area contributed by atoms with Gasteiger partial charge in [0, 0.05) is 50.6 Å². The molecule has 0 radical (unpaired) electrons. The van der Waals surface area contributed by atoms with Crippen LogP contribution in [0.4, 0.5) is 13.2 Å². The lowest BCUT2D eigenvalue weighted by molar-refractivity contribution is -0.274. The van der Waals surface area contributed by atoms with Crippen LogP contribution in [0.5, 0.6) is 5.75 Å². The minimum absolute atomic E-state index is 0.00961. The summed E-state index contributed by atoms with van der Waals surface area (Å²) in [5, 5.41) is 3.51. The van der Waals surface area contributed by atoms with Crippen molar-refractivity contribution in [3.8, 4) is 5.75 Å². The molecule has 2 amide bonds. The minimum Gasteiger partial charge on any atom is -0.406 e. The number of hydrogen-bond donors (Lipinski definition) is 4. The van der Waals surface area contributed by atoms with Gasteiger partial charge in [0.15, 0.2) is 5.78 Å². The van der Waals surface area contributed by atoms with Crippen molar-refractivity contribution < 1.29 is 32.3 Å². The van der Waals surface area contributed by atoms with Gasteiger partial charge in [-0.2, -0.15) is 0 Å². The summed E-state index contributed by atoms with van der Waals surface area (Å²) in [5.41, 5.74) is 19.0. The quantitative estimate of drug-likeness (QED) is 0.209. The van der Waals surface area contributed by atoms with Crippen LogP contribution in [0.2, 0.25) is 0 Å². The fourth-order valence-electron chi connectivity index (χ4n) is 4.37. The minimum atomic E-state index is -4.84. The zero-order chi connectivity index (χ0) is 30.7. The molecule has 0 unspecified atom stereocenters. The molecular formula is C29H35F3N6O4. The molecule has 7 N–H and O–H groups in total. The van der Waals surface area contributed by atoms with Crippen LogP contribution in [0.25, 0.3) is 10.9 Å². The van der Waals surface area contributed by atoms with Gasteiger partial charge in [0.25, 0.3) is 0 Å². The molecule has 10 nitrogen and oxygen atoms in total. The zero-order valence-electron chi connectivity index (χ0n) is 23.0. The van der Waals surface area contributed by atoms with Gasteiger partial charge in [-0.05, 0) is 48.2 Å². The lowest BCUT2D eigenvalue weighted by Gasteiger charge is -2.23. The fourth-order valence-corrected chi connectivity index (χ4v) is 4.37. The van der Waals surface area contributed by atoms with Crippen molar-refractivity contribution in [2.45, 2.75) is 44.1 Å². The Morgan fingerprint density at radius 1 is 0.976 bits per heavy atom. The first-order chi connectivity index (χ1) is 20.0. The van der Waals surface area contributed by atoms with E-state index in [1.54, 1.807) is 6.20 Å². The lowest BCUT2D eigenvalue weighted by Crippen LogP contribution is -2.50. The highest BCUT2D eigenvalue weighted by atomic mass is 19.4. The molecule has 3 aromatic rings. The molecular weight excluding hydrogens is 553 g/mol. The second kappa shape index (κ2) is 15.2. The molecule has 226 valence electrons. The van der Waals surface area contributed by atoms with Crippen LogP contribution >= 0.6 is 0 Å². The van der Waals surface area contributed by atoms with E-state index in [0.717, 1.165) is 23.0 Å². The number of Topliss-reactive ketones (excluding diaryl/α,β-unsaturated/α-hetero) is 1. The van der Waals surface area contributed by atoms with E-state index in [2.05, 4.69) is 15.0 Å². The van der Waals surface area contributed by atoms with E-state index in [9.17, 15) is 27.6 Å². The van der Waals surface area contributed by atoms with E-state index in [1.807, 2.05) is 30.3 Å². The van der Waals surface area contributed by atoms with Crippen LogP contribution in [0, 0.1) is 0 Å². The van der Waals surface area contributed by atoms with E-state index in [0.29, 0.717) is 24.2 Å². The fraction of sp³-hybridized carbons (Fsp3) is 0.379. The van der Waals surface area contributed by atoms with Crippen molar-refractivity contribution >= 4 is 28.5 Å². The van der Waals surface area contributed by atoms with Crippen LogP contribution in [0.15, 0.2) is 60.8 Å². The predicted octanol–water partition coefficient (Wildman–Crippen LogP) is 1.83. The van der Waals surface area contributed by atoms with Crippen LogP contribution in [-0.2, 0) is 27.2 Å². The number of halogens is 3. The molecule has 1 aromatic heterocycles. The van der Waals surface area contributed by atoms with E-state index in [-0.39, 0.29) is 50.5 Å². The van der Waals surface area contributed by atoms with E-state index < -0.39 is 30.1 Å². The van der Waals surface area contributed by atoms with Crippen molar-refractivity contribution in [1.82, 2.24) is 15.2 Å². The number of amides is 2. The molecule has 0 saturated carbocycles. The number of hydrogen-bond acceptors (Lipinski definition) is 8. The number of nitrogens with two attached hydrogens (primary N) is 3. The Kier molecular flexibility index (Phi) is 11.8. The standard InChI is InChI=1S/C29H35F3N6O4/c30-29(31,32)42-22-7-5-19(6-8-22)16-25(26(39)17-20-15-21-3-1-2-4-24(21)36-18-20)37-28(41)23(35)9-10-27(40)38(13-11-33)14-12-34/h1-8,15,18,23,25H,9-14,16-17,33-35H2,(H,37,41)/t23-,25+/m0/s1. The summed E-state index contributed by atoms with van der Waals surface area (Å²) in [7, 11) is 0. The van der Waals surface area contributed by atoms with Crippen molar-refractivity contribution in [2.24, 2.45) is 17.2 Å². The smallest absolute Gasteiger partial charge is 0.406 e. The van der Waals surface area contributed by atoms with Crippen molar-refractivity contribution in [2.75, 3.05) is 26.2 Å². The number of carbonyl (C=O) groups is 3.